The topological polar surface area (TPSA) is 55.2 Å². The van der Waals surface area contributed by atoms with Gasteiger partial charge in [0.2, 0.25) is 0 Å². The molecule has 2 aromatic rings. The van der Waals surface area contributed by atoms with Crippen molar-refractivity contribution >= 4 is 21.6 Å². The van der Waals surface area contributed by atoms with Crippen LogP contribution in [0.3, 0.4) is 0 Å². The fourth-order valence-corrected chi connectivity index (χ4v) is 2.14. The van der Waals surface area contributed by atoms with E-state index in [2.05, 4.69) is 21.2 Å². The minimum atomic E-state index is -0.391. The van der Waals surface area contributed by atoms with Gasteiger partial charge in [0.05, 0.1) is 4.92 Å². The van der Waals surface area contributed by atoms with Gasteiger partial charge in [0.25, 0.3) is 5.69 Å². The third kappa shape index (κ3) is 3.87. The lowest BCUT2D eigenvalue weighted by Gasteiger charge is -2.06. The van der Waals surface area contributed by atoms with E-state index in [-0.39, 0.29) is 5.69 Å². The van der Waals surface area contributed by atoms with Crippen molar-refractivity contribution in [2.75, 3.05) is 0 Å². The van der Waals surface area contributed by atoms with Crippen molar-refractivity contribution in [1.29, 1.82) is 0 Å². The van der Waals surface area contributed by atoms with E-state index in [1.807, 2.05) is 24.3 Å². The molecular weight excluding hydrogens is 308 g/mol. The zero-order chi connectivity index (χ0) is 13.7. The molecule has 5 heteroatoms. The van der Waals surface area contributed by atoms with Crippen molar-refractivity contribution in [2.45, 2.75) is 13.1 Å². The summed E-state index contributed by atoms with van der Waals surface area (Å²) in [6.07, 6.45) is 0. The summed E-state index contributed by atoms with van der Waals surface area (Å²) < 4.78 is 1.08. The number of nitrogens with zero attached hydrogens (tertiary/aromatic N) is 1. The first kappa shape index (κ1) is 13.7. The molecule has 98 valence electrons. The summed E-state index contributed by atoms with van der Waals surface area (Å²) in [7, 11) is 0. The monoisotopic (exact) mass is 320 g/mol. The molecule has 0 aliphatic heterocycles. The lowest BCUT2D eigenvalue weighted by molar-refractivity contribution is -0.384. The second kappa shape index (κ2) is 6.45. The minimum absolute atomic E-state index is 0.120. The predicted octanol–water partition coefficient (Wildman–Crippen LogP) is 3.65. The van der Waals surface area contributed by atoms with Crippen LogP contribution in [0.1, 0.15) is 11.1 Å². The number of nitrogens with one attached hydrogen (secondary N) is 1. The molecular formula is C14H13BrN2O2. The van der Waals surface area contributed by atoms with E-state index in [4.69, 9.17) is 0 Å². The molecule has 0 bridgehead atoms. The summed E-state index contributed by atoms with van der Waals surface area (Å²) >= 11 is 3.49. The summed E-state index contributed by atoms with van der Waals surface area (Å²) in [5.41, 5.74) is 2.33. The number of halogens is 1. The molecule has 0 unspecified atom stereocenters. The minimum Gasteiger partial charge on any atom is -0.309 e. The Bertz CT molecular complexity index is 570. The zero-order valence-electron chi connectivity index (χ0n) is 10.2. The van der Waals surface area contributed by atoms with Crippen LogP contribution in [0.2, 0.25) is 0 Å². The first-order chi connectivity index (χ1) is 9.16. The van der Waals surface area contributed by atoms with Gasteiger partial charge in [-0.2, -0.15) is 0 Å². The van der Waals surface area contributed by atoms with E-state index in [9.17, 15) is 10.1 Å². The summed E-state index contributed by atoms with van der Waals surface area (Å²) in [5, 5.41) is 13.8. The maximum Gasteiger partial charge on any atom is 0.269 e. The number of benzene rings is 2. The molecule has 0 heterocycles. The van der Waals surface area contributed by atoms with E-state index in [1.165, 1.54) is 17.7 Å². The van der Waals surface area contributed by atoms with E-state index in [0.717, 1.165) is 16.6 Å². The van der Waals surface area contributed by atoms with E-state index in [0.29, 0.717) is 6.54 Å². The molecule has 0 aliphatic carbocycles. The van der Waals surface area contributed by atoms with Gasteiger partial charge < -0.3 is 5.32 Å². The molecule has 19 heavy (non-hydrogen) atoms. The van der Waals surface area contributed by atoms with Gasteiger partial charge in [-0.1, -0.05) is 46.3 Å². The highest BCUT2D eigenvalue weighted by Crippen LogP contribution is 2.16. The quantitative estimate of drug-likeness (QED) is 0.675. The predicted molar refractivity (Wildman–Crippen MR) is 77.8 cm³/mol. The van der Waals surface area contributed by atoms with Gasteiger partial charge in [0, 0.05) is 29.7 Å². The average molecular weight is 321 g/mol. The van der Waals surface area contributed by atoms with Crippen LogP contribution >= 0.6 is 15.9 Å². The van der Waals surface area contributed by atoms with Crippen molar-refractivity contribution in [3.8, 4) is 0 Å². The molecule has 0 aromatic heterocycles. The second-order valence-electron chi connectivity index (χ2n) is 4.12. The van der Waals surface area contributed by atoms with Gasteiger partial charge in [-0.3, -0.25) is 10.1 Å². The molecule has 2 aromatic carbocycles. The van der Waals surface area contributed by atoms with Crippen LogP contribution in [0.25, 0.3) is 0 Å². The zero-order valence-corrected chi connectivity index (χ0v) is 11.8. The van der Waals surface area contributed by atoms with Crippen LogP contribution < -0.4 is 5.32 Å². The number of hydrogen-bond donors (Lipinski definition) is 1. The summed E-state index contributed by atoms with van der Waals surface area (Å²) in [6.45, 7) is 1.43. The largest absolute Gasteiger partial charge is 0.309 e. The summed E-state index contributed by atoms with van der Waals surface area (Å²) in [5.74, 6) is 0. The fraction of sp³-hybridized carbons (Fsp3) is 0.143. The Kier molecular flexibility index (Phi) is 4.65. The molecule has 0 aliphatic rings. The SMILES string of the molecule is O=[N+]([O-])c1ccc(CNCc2ccccc2Br)cc1. The highest BCUT2D eigenvalue weighted by atomic mass is 79.9. The number of nitro benzene ring substituents is 1. The third-order valence-electron chi connectivity index (χ3n) is 2.75. The number of non-ortho nitro benzene ring substituents is 1. The average Bonchev–Trinajstić information content (AvgIpc) is 2.41. The fourth-order valence-electron chi connectivity index (χ4n) is 1.72. The van der Waals surface area contributed by atoms with Crippen molar-refractivity contribution < 1.29 is 4.92 Å². The number of rotatable bonds is 5. The number of hydrogen-bond acceptors (Lipinski definition) is 3. The molecule has 0 amide bonds. The Morgan fingerprint density at radius 1 is 1.05 bits per heavy atom. The third-order valence-corrected chi connectivity index (χ3v) is 3.52. The van der Waals surface area contributed by atoms with Crippen LogP contribution in [0.15, 0.2) is 53.0 Å². The first-order valence-corrected chi connectivity index (χ1v) is 6.63. The van der Waals surface area contributed by atoms with E-state index < -0.39 is 4.92 Å². The standard InChI is InChI=1S/C14H13BrN2O2/c15-14-4-2-1-3-12(14)10-16-9-11-5-7-13(8-6-11)17(18)19/h1-8,16H,9-10H2. The van der Waals surface area contributed by atoms with Gasteiger partial charge in [-0.15, -0.1) is 0 Å². The summed E-state index contributed by atoms with van der Waals surface area (Å²) in [6, 6.07) is 14.6. The van der Waals surface area contributed by atoms with E-state index in [1.54, 1.807) is 12.1 Å². The van der Waals surface area contributed by atoms with Crippen molar-refractivity contribution in [2.24, 2.45) is 0 Å². The molecule has 0 fully saturated rings. The Labute approximate surface area is 119 Å². The second-order valence-corrected chi connectivity index (χ2v) is 4.97. The van der Waals surface area contributed by atoms with E-state index >= 15 is 0 Å². The Morgan fingerprint density at radius 2 is 1.74 bits per heavy atom. The van der Waals surface area contributed by atoms with Gasteiger partial charge >= 0.3 is 0 Å². The molecule has 2 rings (SSSR count). The summed E-state index contributed by atoms with van der Waals surface area (Å²) in [4.78, 5) is 10.1. The molecule has 0 spiro atoms. The van der Waals surface area contributed by atoms with Gasteiger partial charge in [-0.05, 0) is 17.2 Å². The van der Waals surface area contributed by atoms with Crippen molar-refractivity contribution in [1.82, 2.24) is 5.32 Å². The molecule has 4 nitrogen and oxygen atoms in total. The van der Waals surface area contributed by atoms with Gasteiger partial charge in [-0.25, -0.2) is 0 Å². The maximum absolute atomic E-state index is 10.5. The lowest BCUT2D eigenvalue weighted by Crippen LogP contribution is -2.12. The Balaban J connectivity index is 1.89. The molecule has 1 N–H and O–H groups in total. The Morgan fingerprint density at radius 3 is 2.37 bits per heavy atom. The molecule has 0 radical (unpaired) electrons. The van der Waals surface area contributed by atoms with Crippen molar-refractivity contribution in [3.63, 3.8) is 0 Å². The highest BCUT2D eigenvalue weighted by Gasteiger charge is 2.03. The van der Waals surface area contributed by atoms with Crippen LogP contribution in [-0.4, -0.2) is 4.92 Å². The van der Waals surface area contributed by atoms with Crippen LogP contribution in [-0.2, 0) is 13.1 Å². The molecule has 0 saturated carbocycles. The van der Waals surface area contributed by atoms with Gasteiger partial charge in [0.15, 0.2) is 0 Å². The smallest absolute Gasteiger partial charge is 0.269 e. The molecule has 0 saturated heterocycles. The maximum atomic E-state index is 10.5. The molecule has 0 atom stereocenters. The normalized spacial score (nSPS) is 10.4. The first-order valence-electron chi connectivity index (χ1n) is 5.84. The van der Waals surface area contributed by atoms with Crippen LogP contribution in [0, 0.1) is 10.1 Å². The highest BCUT2D eigenvalue weighted by molar-refractivity contribution is 9.10. The lowest BCUT2D eigenvalue weighted by atomic mass is 10.2. The van der Waals surface area contributed by atoms with Crippen LogP contribution in [0.5, 0.6) is 0 Å². The van der Waals surface area contributed by atoms with Crippen molar-refractivity contribution in [3.05, 3.63) is 74.2 Å². The van der Waals surface area contributed by atoms with Crippen LogP contribution in [0.4, 0.5) is 5.69 Å². The Hall–Kier alpha value is -1.72. The number of nitro groups is 1. The van der Waals surface area contributed by atoms with Gasteiger partial charge in [0.1, 0.15) is 0 Å².